The number of benzene rings is 1. The maximum absolute atomic E-state index is 12.9. The van der Waals surface area contributed by atoms with Crippen LogP contribution in [0, 0.1) is 0 Å². The number of alkyl halides is 2. The molecule has 0 aliphatic carbocycles. The van der Waals surface area contributed by atoms with Crippen molar-refractivity contribution in [3.05, 3.63) is 23.2 Å². The van der Waals surface area contributed by atoms with Crippen molar-refractivity contribution in [2.75, 3.05) is 11.9 Å². The molecule has 1 aliphatic heterocycles. The summed E-state index contributed by atoms with van der Waals surface area (Å²) in [5, 5.41) is 14.6. The molecule has 4 nitrogen and oxygen atoms in total. The number of hydrogen-bond acceptors (Lipinski definition) is 3. The first-order valence-corrected chi connectivity index (χ1v) is 5.66. The van der Waals surface area contributed by atoms with Gasteiger partial charge >= 0.3 is 0 Å². The maximum Gasteiger partial charge on any atom is 0.262 e. The van der Waals surface area contributed by atoms with Crippen LogP contribution in [0.25, 0.3) is 0 Å². The summed E-state index contributed by atoms with van der Waals surface area (Å²) in [7, 11) is 0. The van der Waals surface area contributed by atoms with Gasteiger partial charge < -0.3 is 10.4 Å². The van der Waals surface area contributed by atoms with E-state index in [0.29, 0.717) is 5.02 Å². The first kappa shape index (κ1) is 15.9. The van der Waals surface area contributed by atoms with Crippen molar-refractivity contribution >= 4 is 35.6 Å². The van der Waals surface area contributed by atoms with Crippen LogP contribution in [-0.4, -0.2) is 29.5 Å². The molecule has 3 N–H and O–H groups in total. The van der Waals surface area contributed by atoms with E-state index in [1.54, 1.807) is 0 Å². The SMILES string of the molecule is Cl.O=C(Nc1cc(Cl)ccc1O)C1CC(F)(F)CN1. The summed E-state index contributed by atoms with van der Waals surface area (Å²) in [6.07, 6.45) is -0.555. The van der Waals surface area contributed by atoms with Crippen molar-refractivity contribution in [1.29, 1.82) is 0 Å². The van der Waals surface area contributed by atoms with Crippen molar-refractivity contribution in [1.82, 2.24) is 5.32 Å². The Morgan fingerprint density at radius 1 is 1.53 bits per heavy atom. The number of amides is 1. The van der Waals surface area contributed by atoms with Gasteiger partial charge in [0.25, 0.3) is 5.92 Å². The van der Waals surface area contributed by atoms with Crippen LogP contribution >= 0.6 is 24.0 Å². The van der Waals surface area contributed by atoms with E-state index in [2.05, 4.69) is 10.6 Å². The van der Waals surface area contributed by atoms with Gasteiger partial charge in [-0.15, -0.1) is 12.4 Å². The van der Waals surface area contributed by atoms with Gasteiger partial charge in [0.05, 0.1) is 18.3 Å². The molecule has 1 aliphatic rings. The largest absolute Gasteiger partial charge is 0.506 e. The minimum atomic E-state index is -2.88. The normalized spacial score (nSPS) is 20.7. The first-order valence-electron chi connectivity index (χ1n) is 5.28. The highest BCUT2D eigenvalue weighted by Crippen LogP contribution is 2.29. The number of carbonyl (C=O) groups excluding carboxylic acids is 1. The van der Waals surface area contributed by atoms with E-state index in [1.165, 1.54) is 18.2 Å². The molecular weight excluding hydrogens is 301 g/mol. The Kier molecular flexibility index (Phi) is 4.95. The van der Waals surface area contributed by atoms with Gasteiger partial charge in [-0.1, -0.05) is 11.6 Å². The standard InChI is InChI=1S/C11H11ClF2N2O2.ClH/c12-6-1-2-9(17)7(3-6)16-10(18)8-4-11(13,14)5-15-8;/h1-3,8,15,17H,4-5H2,(H,16,18);1H. The summed E-state index contributed by atoms with van der Waals surface area (Å²) in [6.45, 7) is -0.521. The van der Waals surface area contributed by atoms with Crippen LogP contribution in [0.15, 0.2) is 18.2 Å². The Morgan fingerprint density at radius 2 is 2.21 bits per heavy atom. The summed E-state index contributed by atoms with van der Waals surface area (Å²) in [5.74, 6) is -3.67. The fraction of sp³-hybridized carbons (Fsp3) is 0.364. The van der Waals surface area contributed by atoms with Crippen LogP contribution in [0.2, 0.25) is 5.02 Å². The van der Waals surface area contributed by atoms with Crippen LogP contribution in [-0.2, 0) is 4.79 Å². The fourth-order valence-corrected chi connectivity index (χ4v) is 1.90. The predicted molar refractivity (Wildman–Crippen MR) is 70.3 cm³/mol. The van der Waals surface area contributed by atoms with Gasteiger partial charge in [0.15, 0.2) is 0 Å². The third kappa shape index (κ3) is 3.92. The number of carbonyl (C=O) groups is 1. The molecule has 19 heavy (non-hydrogen) atoms. The Morgan fingerprint density at radius 3 is 2.79 bits per heavy atom. The van der Waals surface area contributed by atoms with E-state index in [1.807, 2.05) is 0 Å². The number of hydrogen-bond donors (Lipinski definition) is 3. The Labute approximate surface area is 119 Å². The van der Waals surface area contributed by atoms with Crippen LogP contribution < -0.4 is 10.6 Å². The third-order valence-electron chi connectivity index (χ3n) is 2.64. The highest BCUT2D eigenvalue weighted by Gasteiger charge is 2.42. The smallest absolute Gasteiger partial charge is 0.262 e. The lowest BCUT2D eigenvalue weighted by molar-refractivity contribution is -0.118. The van der Waals surface area contributed by atoms with Gasteiger partial charge in [0.1, 0.15) is 5.75 Å². The average molecular weight is 313 g/mol. The molecule has 1 unspecified atom stereocenters. The van der Waals surface area contributed by atoms with Gasteiger partial charge in [0, 0.05) is 11.4 Å². The zero-order chi connectivity index (χ0) is 13.3. The van der Waals surface area contributed by atoms with E-state index < -0.39 is 30.8 Å². The summed E-state index contributed by atoms with van der Waals surface area (Å²) >= 11 is 5.71. The van der Waals surface area contributed by atoms with Crippen LogP contribution in [0.5, 0.6) is 5.75 Å². The number of phenols is 1. The number of halogens is 4. The second kappa shape index (κ2) is 5.90. The van der Waals surface area contributed by atoms with E-state index in [0.717, 1.165) is 0 Å². The third-order valence-corrected chi connectivity index (χ3v) is 2.88. The van der Waals surface area contributed by atoms with Crippen LogP contribution in [0.3, 0.4) is 0 Å². The molecule has 1 amide bonds. The van der Waals surface area contributed by atoms with E-state index in [9.17, 15) is 18.7 Å². The number of nitrogens with one attached hydrogen (secondary N) is 2. The Balaban J connectivity index is 0.00000180. The highest BCUT2D eigenvalue weighted by atomic mass is 35.5. The molecule has 1 aromatic rings. The molecule has 0 saturated carbocycles. The van der Waals surface area contributed by atoms with Crippen molar-refractivity contribution in [2.45, 2.75) is 18.4 Å². The molecular formula is C11H12Cl2F2N2O2. The molecule has 0 aromatic heterocycles. The lowest BCUT2D eigenvalue weighted by atomic mass is 10.2. The molecule has 8 heteroatoms. The van der Waals surface area contributed by atoms with E-state index in [4.69, 9.17) is 11.6 Å². The van der Waals surface area contributed by atoms with Gasteiger partial charge in [0.2, 0.25) is 5.91 Å². The zero-order valence-corrected chi connectivity index (χ0v) is 11.2. The summed E-state index contributed by atoms with van der Waals surface area (Å²) in [4.78, 5) is 11.7. The van der Waals surface area contributed by atoms with Gasteiger partial charge in [-0.2, -0.15) is 0 Å². The average Bonchev–Trinajstić information content (AvgIpc) is 2.64. The zero-order valence-electron chi connectivity index (χ0n) is 9.62. The number of anilines is 1. The number of aromatic hydroxyl groups is 1. The molecule has 1 aromatic carbocycles. The maximum atomic E-state index is 12.9. The highest BCUT2D eigenvalue weighted by molar-refractivity contribution is 6.31. The van der Waals surface area contributed by atoms with Gasteiger partial charge in [-0.05, 0) is 18.2 Å². The minimum Gasteiger partial charge on any atom is -0.506 e. The fourth-order valence-electron chi connectivity index (χ4n) is 1.73. The van der Waals surface area contributed by atoms with Crippen LogP contribution in [0.4, 0.5) is 14.5 Å². The van der Waals surface area contributed by atoms with Gasteiger partial charge in [-0.25, -0.2) is 8.78 Å². The van der Waals surface area contributed by atoms with Crippen molar-refractivity contribution in [2.24, 2.45) is 0 Å². The number of rotatable bonds is 2. The molecule has 1 atom stereocenters. The van der Waals surface area contributed by atoms with Crippen LogP contribution in [0.1, 0.15) is 6.42 Å². The molecule has 0 bridgehead atoms. The predicted octanol–water partition coefficient (Wildman–Crippen LogP) is 2.40. The molecule has 1 heterocycles. The molecule has 1 fully saturated rings. The number of phenolic OH excluding ortho intramolecular Hbond substituents is 1. The molecule has 106 valence electrons. The lowest BCUT2D eigenvalue weighted by Crippen LogP contribution is -2.35. The quantitative estimate of drug-likeness (QED) is 0.735. The first-order chi connectivity index (χ1) is 8.37. The topological polar surface area (TPSA) is 61.4 Å². The molecule has 2 rings (SSSR count). The van der Waals surface area contributed by atoms with Gasteiger partial charge in [-0.3, -0.25) is 10.1 Å². The van der Waals surface area contributed by atoms with Crippen molar-refractivity contribution in [3.63, 3.8) is 0 Å². The molecule has 0 radical (unpaired) electrons. The van der Waals surface area contributed by atoms with E-state index in [-0.39, 0.29) is 23.8 Å². The second-order valence-electron chi connectivity index (χ2n) is 4.14. The summed E-state index contributed by atoms with van der Waals surface area (Å²) < 4.78 is 25.8. The summed E-state index contributed by atoms with van der Waals surface area (Å²) in [5.41, 5.74) is 0.101. The second-order valence-corrected chi connectivity index (χ2v) is 4.58. The van der Waals surface area contributed by atoms with Crippen molar-refractivity contribution < 1.29 is 18.7 Å². The van der Waals surface area contributed by atoms with E-state index >= 15 is 0 Å². The molecule has 0 spiro atoms. The lowest BCUT2D eigenvalue weighted by Gasteiger charge is -2.12. The molecule has 1 saturated heterocycles. The van der Waals surface area contributed by atoms with Crippen molar-refractivity contribution in [3.8, 4) is 5.75 Å². The monoisotopic (exact) mass is 312 g/mol. The Bertz CT molecular complexity index is 486. The summed E-state index contributed by atoms with van der Waals surface area (Å²) in [6, 6.07) is 3.14. The Hall–Kier alpha value is -1.11. The minimum absolute atomic E-state index is 0.